The van der Waals surface area contributed by atoms with Gasteiger partial charge in [0.15, 0.2) is 17.2 Å². The van der Waals surface area contributed by atoms with Crippen LogP contribution in [0.15, 0.2) is 57.9 Å². The van der Waals surface area contributed by atoms with Crippen molar-refractivity contribution in [2.45, 2.75) is 11.1 Å². The van der Waals surface area contributed by atoms with Crippen molar-refractivity contribution in [3.63, 3.8) is 0 Å². The van der Waals surface area contributed by atoms with E-state index in [0.29, 0.717) is 22.6 Å². The lowest BCUT2D eigenvalue weighted by molar-refractivity contribution is -0.139. The second-order valence-electron chi connectivity index (χ2n) is 6.93. The monoisotopic (exact) mass is 593 g/mol. The first-order valence-corrected chi connectivity index (χ1v) is 12.4. The number of benzene rings is 2. The Bertz CT molecular complexity index is 1370. The van der Waals surface area contributed by atoms with Gasteiger partial charge in [0.1, 0.15) is 0 Å². The molecule has 186 valence electrons. The summed E-state index contributed by atoms with van der Waals surface area (Å²) in [5, 5.41) is 18.2. The van der Waals surface area contributed by atoms with Crippen molar-refractivity contribution in [3.8, 4) is 16.2 Å². The Balaban J connectivity index is 1.90. The van der Waals surface area contributed by atoms with E-state index in [0.717, 1.165) is 27.8 Å². The van der Waals surface area contributed by atoms with Gasteiger partial charge < -0.3 is 14.9 Å². The van der Waals surface area contributed by atoms with Gasteiger partial charge in [-0.25, -0.2) is 18.0 Å². The fraction of sp³-hybridized carbons (Fsp3) is 0.143. The second-order valence-corrected chi connectivity index (χ2v) is 10.7. The molecule has 3 rings (SSSR count). The third-order valence-corrected chi connectivity index (χ3v) is 8.70. The number of carboxylic acids is 2. The zero-order valence-corrected chi connectivity index (χ0v) is 20.8. The zero-order valence-electron chi connectivity index (χ0n) is 17.5. The molecule has 1 aromatic heterocycles. The minimum atomic E-state index is -4.60. The van der Waals surface area contributed by atoms with E-state index in [-0.39, 0.29) is 25.7 Å². The number of ether oxygens (including phenoxy) is 1. The lowest BCUT2D eigenvalue weighted by Crippen LogP contribution is -2.26. The summed E-state index contributed by atoms with van der Waals surface area (Å²) in [5.41, 5.74) is -0.293. The summed E-state index contributed by atoms with van der Waals surface area (Å²) in [6, 6.07) is 9.00. The third kappa shape index (κ3) is 5.60. The molecule has 0 saturated heterocycles. The largest absolute Gasteiger partial charge is 0.479 e. The molecule has 8 nitrogen and oxygen atoms in total. The first-order valence-electron chi connectivity index (χ1n) is 9.40. The smallest absolute Gasteiger partial charge is 0.416 e. The van der Waals surface area contributed by atoms with Crippen LogP contribution in [0, 0.1) is 0 Å². The van der Waals surface area contributed by atoms with Crippen molar-refractivity contribution in [1.82, 2.24) is 0 Å². The van der Waals surface area contributed by atoms with Gasteiger partial charge in [-0.15, -0.1) is 11.3 Å². The topological polar surface area (TPSA) is 121 Å². The molecule has 35 heavy (non-hydrogen) atoms. The van der Waals surface area contributed by atoms with Crippen LogP contribution in [-0.2, 0) is 21.0 Å². The number of hydrogen-bond donors (Lipinski definition) is 2. The Morgan fingerprint density at radius 2 is 1.63 bits per heavy atom. The van der Waals surface area contributed by atoms with Crippen molar-refractivity contribution in [2.24, 2.45) is 0 Å². The van der Waals surface area contributed by atoms with Crippen LogP contribution in [0.25, 0.3) is 10.4 Å². The second kappa shape index (κ2) is 9.87. The SMILES string of the molecule is CN(c1ccc(-c2sc(C(=O)O)c(OCC(=O)O)c2Br)cc1)S(=O)(=O)c1ccc(C(F)(F)F)cc1. The van der Waals surface area contributed by atoms with Crippen LogP contribution >= 0.6 is 27.3 Å². The summed E-state index contributed by atoms with van der Waals surface area (Å²) in [7, 11) is -2.92. The number of nitrogens with zero attached hydrogens (tertiary/aromatic N) is 1. The molecule has 0 radical (unpaired) electrons. The maximum atomic E-state index is 12.9. The minimum absolute atomic E-state index is 0.147. The average molecular weight is 594 g/mol. The fourth-order valence-electron chi connectivity index (χ4n) is 2.92. The maximum Gasteiger partial charge on any atom is 0.416 e. The van der Waals surface area contributed by atoms with Gasteiger partial charge in [-0.2, -0.15) is 13.2 Å². The van der Waals surface area contributed by atoms with E-state index in [1.54, 1.807) is 0 Å². The summed E-state index contributed by atoms with van der Waals surface area (Å²) < 4.78 is 70.2. The molecule has 1 heterocycles. The Labute approximate surface area is 209 Å². The van der Waals surface area contributed by atoms with Gasteiger partial charge in [0.25, 0.3) is 10.0 Å². The molecule has 0 saturated carbocycles. The van der Waals surface area contributed by atoms with E-state index < -0.39 is 40.3 Å². The van der Waals surface area contributed by atoms with E-state index >= 15 is 0 Å². The van der Waals surface area contributed by atoms with Crippen LogP contribution in [0.4, 0.5) is 18.9 Å². The molecule has 2 aromatic carbocycles. The highest BCUT2D eigenvalue weighted by atomic mass is 79.9. The average Bonchev–Trinajstić information content (AvgIpc) is 3.13. The molecule has 0 aliphatic carbocycles. The van der Waals surface area contributed by atoms with Gasteiger partial charge in [0.05, 0.1) is 25.5 Å². The van der Waals surface area contributed by atoms with Crippen molar-refractivity contribution >= 4 is 54.9 Å². The van der Waals surface area contributed by atoms with Crippen LogP contribution in [-0.4, -0.2) is 44.2 Å². The molecule has 0 spiro atoms. The molecular weight excluding hydrogens is 579 g/mol. The predicted molar refractivity (Wildman–Crippen MR) is 125 cm³/mol. The molecule has 14 heteroatoms. The fourth-order valence-corrected chi connectivity index (χ4v) is 6.01. The molecule has 0 unspecified atom stereocenters. The lowest BCUT2D eigenvalue weighted by Gasteiger charge is -2.20. The number of aromatic carboxylic acids is 1. The van der Waals surface area contributed by atoms with E-state index in [9.17, 15) is 36.3 Å². The zero-order chi connectivity index (χ0) is 26.1. The highest BCUT2D eigenvalue weighted by molar-refractivity contribution is 9.10. The number of anilines is 1. The number of halogens is 4. The highest BCUT2D eigenvalue weighted by Crippen LogP contribution is 2.46. The quantitative estimate of drug-likeness (QED) is 0.369. The number of alkyl halides is 3. The van der Waals surface area contributed by atoms with Crippen molar-refractivity contribution < 1.29 is 46.1 Å². The van der Waals surface area contributed by atoms with E-state index in [4.69, 9.17) is 9.84 Å². The Kier molecular flexibility index (Phi) is 7.48. The van der Waals surface area contributed by atoms with E-state index in [1.807, 2.05) is 0 Å². The molecule has 0 fully saturated rings. The maximum absolute atomic E-state index is 12.9. The standard InChI is InChI=1S/C21H15BrF3NO7S2/c1-26(35(31,32)14-8-4-12(5-9-14)21(23,24)25)13-6-2-11(3-7-13)18-16(22)17(33-10-15(27)28)19(34-18)20(29)30/h2-9H,10H2,1H3,(H,27,28)(H,29,30). The molecular formula is C21H15BrF3NO7S2. The minimum Gasteiger partial charge on any atom is -0.479 e. The number of aliphatic carboxylic acids is 1. The first-order chi connectivity index (χ1) is 16.2. The van der Waals surface area contributed by atoms with Crippen LogP contribution < -0.4 is 9.04 Å². The number of carboxylic acid groups (broad SMARTS) is 2. The Morgan fingerprint density at radius 1 is 1.06 bits per heavy atom. The number of thiophene rings is 1. The van der Waals surface area contributed by atoms with Gasteiger partial charge in [0.2, 0.25) is 0 Å². The normalized spacial score (nSPS) is 11.8. The summed E-state index contributed by atoms with van der Waals surface area (Å²) in [6.07, 6.45) is -4.60. The van der Waals surface area contributed by atoms with Crippen molar-refractivity contribution in [3.05, 3.63) is 63.4 Å². The Morgan fingerprint density at radius 3 is 2.11 bits per heavy atom. The Hall–Kier alpha value is -3.10. The molecule has 0 aliphatic rings. The predicted octanol–water partition coefficient (Wildman–Crippen LogP) is 5.18. The molecule has 0 bridgehead atoms. The molecule has 0 aliphatic heterocycles. The summed E-state index contributed by atoms with van der Waals surface area (Å²) in [6.45, 7) is -0.749. The van der Waals surface area contributed by atoms with Crippen molar-refractivity contribution in [1.29, 1.82) is 0 Å². The first kappa shape index (κ1) is 26.5. The lowest BCUT2D eigenvalue weighted by atomic mass is 10.1. The van der Waals surface area contributed by atoms with Gasteiger partial charge in [0, 0.05) is 7.05 Å². The molecule has 3 aromatic rings. The number of sulfonamides is 1. The molecule has 0 amide bonds. The number of rotatable bonds is 8. The summed E-state index contributed by atoms with van der Waals surface area (Å²) in [4.78, 5) is 22.2. The van der Waals surface area contributed by atoms with Gasteiger partial charge in [-0.05, 0) is 57.9 Å². The van der Waals surface area contributed by atoms with Gasteiger partial charge in [-0.3, -0.25) is 4.31 Å². The van der Waals surface area contributed by atoms with Crippen molar-refractivity contribution in [2.75, 3.05) is 18.0 Å². The number of carbonyl (C=O) groups is 2. The van der Waals surface area contributed by atoms with E-state index in [1.165, 1.54) is 31.3 Å². The third-order valence-electron chi connectivity index (χ3n) is 4.68. The highest BCUT2D eigenvalue weighted by Gasteiger charge is 2.31. The van der Waals surface area contributed by atoms with E-state index in [2.05, 4.69) is 15.9 Å². The molecule has 0 atom stereocenters. The van der Waals surface area contributed by atoms with Crippen LogP contribution in [0.1, 0.15) is 15.2 Å². The summed E-state index contributed by atoms with van der Waals surface area (Å²) >= 11 is 4.06. The van der Waals surface area contributed by atoms with Crippen LogP contribution in [0.2, 0.25) is 0 Å². The van der Waals surface area contributed by atoms with Crippen LogP contribution in [0.5, 0.6) is 5.75 Å². The molecule has 2 N–H and O–H groups in total. The van der Waals surface area contributed by atoms with Gasteiger partial charge in [-0.1, -0.05) is 12.1 Å². The van der Waals surface area contributed by atoms with Gasteiger partial charge >= 0.3 is 18.1 Å². The number of hydrogen-bond acceptors (Lipinski definition) is 6. The van der Waals surface area contributed by atoms with Crippen LogP contribution in [0.3, 0.4) is 0 Å². The summed E-state index contributed by atoms with van der Waals surface area (Å²) in [5.74, 6) is -2.75.